The summed E-state index contributed by atoms with van der Waals surface area (Å²) in [6, 6.07) is 6.72. The van der Waals surface area contributed by atoms with Gasteiger partial charge in [0.25, 0.3) is 5.56 Å². The average Bonchev–Trinajstić information content (AvgIpc) is 2.65. The molecule has 1 atom stereocenters. The summed E-state index contributed by atoms with van der Waals surface area (Å²) in [5.41, 5.74) is 0.518. The maximum absolute atomic E-state index is 12.4. The van der Waals surface area contributed by atoms with Crippen molar-refractivity contribution in [3.63, 3.8) is 0 Å². The van der Waals surface area contributed by atoms with Crippen molar-refractivity contribution >= 4 is 28.9 Å². The van der Waals surface area contributed by atoms with E-state index in [9.17, 15) is 9.90 Å². The van der Waals surface area contributed by atoms with Crippen LogP contribution in [-0.4, -0.2) is 65.3 Å². The second-order valence-corrected chi connectivity index (χ2v) is 6.83. The van der Waals surface area contributed by atoms with Crippen molar-refractivity contribution in [2.24, 2.45) is 0 Å². The molecule has 140 valence electrons. The molecule has 2 N–H and O–H groups in total. The predicted octanol–water partition coefficient (Wildman–Crippen LogP) is 1.64. The van der Waals surface area contributed by atoms with E-state index in [4.69, 9.17) is 27.9 Å². The number of morpholine rings is 1. The van der Waals surface area contributed by atoms with Crippen molar-refractivity contribution in [1.29, 1.82) is 0 Å². The van der Waals surface area contributed by atoms with Crippen LogP contribution in [0.25, 0.3) is 5.69 Å². The molecule has 0 amide bonds. The molecule has 0 bridgehead atoms. The summed E-state index contributed by atoms with van der Waals surface area (Å²) in [7, 11) is 0. The lowest BCUT2D eigenvalue weighted by Crippen LogP contribution is -2.42. The van der Waals surface area contributed by atoms with Gasteiger partial charge in [0.2, 0.25) is 0 Å². The zero-order chi connectivity index (χ0) is 18.5. The topological polar surface area (TPSA) is 79.6 Å². The molecule has 1 aromatic carbocycles. The highest BCUT2D eigenvalue weighted by molar-refractivity contribution is 6.33. The summed E-state index contributed by atoms with van der Waals surface area (Å²) in [5, 5.41) is 17.9. The van der Waals surface area contributed by atoms with Crippen LogP contribution in [0.1, 0.15) is 0 Å². The molecule has 1 unspecified atom stereocenters. The van der Waals surface area contributed by atoms with Gasteiger partial charge < -0.3 is 15.2 Å². The molecule has 7 nitrogen and oxygen atoms in total. The molecule has 2 heterocycles. The van der Waals surface area contributed by atoms with E-state index in [1.54, 1.807) is 24.3 Å². The number of aliphatic hydroxyl groups excluding tert-OH is 1. The van der Waals surface area contributed by atoms with Crippen molar-refractivity contribution in [2.75, 3.05) is 44.7 Å². The molecule has 0 radical (unpaired) electrons. The Morgan fingerprint density at radius 3 is 2.62 bits per heavy atom. The number of nitrogens with zero attached hydrogens (tertiary/aromatic N) is 3. The average molecular weight is 399 g/mol. The highest BCUT2D eigenvalue weighted by Crippen LogP contribution is 2.17. The Morgan fingerprint density at radius 2 is 1.92 bits per heavy atom. The minimum absolute atomic E-state index is 0.0218. The molecule has 2 aromatic rings. The molecular weight excluding hydrogens is 379 g/mol. The van der Waals surface area contributed by atoms with Gasteiger partial charge in [-0.25, -0.2) is 0 Å². The van der Waals surface area contributed by atoms with E-state index < -0.39 is 11.7 Å². The number of hydrogen-bond acceptors (Lipinski definition) is 6. The minimum Gasteiger partial charge on any atom is -0.390 e. The number of aromatic nitrogens is 2. The highest BCUT2D eigenvalue weighted by Gasteiger charge is 2.16. The molecule has 1 saturated heterocycles. The van der Waals surface area contributed by atoms with Gasteiger partial charge in [0.05, 0.1) is 36.9 Å². The third-order valence-corrected chi connectivity index (χ3v) is 4.71. The first-order valence-corrected chi connectivity index (χ1v) is 9.06. The maximum Gasteiger partial charge on any atom is 0.292 e. The van der Waals surface area contributed by atoms with Crippen LogP contribution < -0.4 is 10.9 Å². The van der Waals surface area contributed by atoms with E-state index in [0.717, 1.165) is 13.1 Å². The largest absolute Gasteiger partial charge is 0.390 e. The number of benzene rings is 1. The lowest BCUT2D eigenvalue weighted by molar-refractivity contribution is 0.0171. The van der Waals surface area contributed by atoms with Crippen LogP contribution >= 0.6 is 23.2 Å². The molecule has 0 aliphatic carbocycles. The molecule has 0 spiro atoms. The molecule has 26 heavy (non-hydrogen) atoms. The lowest BCUT2D eigenvalue weighted by Gasteiger charge is -2.28. The Balaban J connectivity index is 1.64. The lowest BCUT2D eigenvalue weighted by atomic mass is 10.3. The first-order valence-electron chi connectivity index (χ1n) is 8.30. The van der Waals surface area contributed by atoms with Crippen LogP contribution in [-0.2, 0) is 4.74 Å². The Labute approximate surface area is 161 Å². The smallest absolute Gasteiger partial charge is 0.292 e. The van der Waals surface area contributed by atoms with Gasteiger partial charge in [0.15, 0.2) is 0 Å². The van der Waals surface area contributed by atoms with E-state index >= 15 is 0 Å². The summed E-state index contributed by atoms with van der Waals surface area (Å²) >= 11 is 12.0. The number of rotatable bonds is 6. The molecule has 0 saturated carbocycles. The third kappa shape index (κ3) is 4.75. The van der Waals surface area contributed by atoms with Crippen LogP contribution in [0.3, 0.4) is 0 Å². The number of anilines is 1. The zero-order valence-corrected chi connectivity index (χ0v) is 15.6. The fraction of sp³-hybridized carbons (Fsp3) is 0.412. The quantitative estimate of drug-likeness (QED) is 0.769. The number of ether oxygens (including phenoxy) is 1. The number of halogens is 2. The van der Waals surface area contributed by atoms with E-state index in [0.29, 0.717) is 36.2 Å². The Bertz CT molecular complexity index is 792. The Morgan fingerprint density at radius 1 is 1.23 bits per heavy atom. The molecule has 1 fully saturated rings. The minimum atomic E-state index is -0.595. The van der Waals surface area contributed by atoms with Crippen molar-refractivity contribution in [1.82, 2.24) is 14.7 Å². The molecule has 1 aliphatic rings. The van der Waals surface area contributed by atoms with Crippen LogP contribution in [0.5, 0.6) is 0 Å². The first-order chi connectivity index (χ1) is 12.5. The van der Waals surface area contributed by atoms with E-state index in [1.807, 2.05) is 0 Å². The van der Waals surface area contributed by atoms with E-state index in [2.05, 4.69) is 15.3 Å². The van der Waals surface area contributed by atoms with Crippen molar-refractivity contribution in [3.05, 3.63) is 50.9 Å². The summed E-state index contributed by atoms with van der Waals surface area (Å²) in [6.07, 6.45) is 0.877. The SMILES string of the molecule is O=c1c(Cl)c(NCC(O)CN2CCOCC2)cnn1-c1ccc(Cl)cc1. The summed E-state index contributed by atoms with van der Waals surface area (Å²) < 4.78 is 6.49. The normalized spacial score (nSPS) is 16.4. The van der Waals surface area contributed by atoms with Crippen molar-refractivity contribution in [3.8, 4) is 5.69 Å². The molecule has 9 heteroatoms. The maximum atomic E-state index is 12.4. The van der Waals surface area contributed by atoms with Gasteiger partial charge in [-0.2, -0.15) is 9.78 Å². The fourth-order valence-corrected chi connectivity index (χ4v) is 3.02. The molecule has 1 aromatic heterocycles. The summed E-state index contributed by atoms with van der Waals surface area (Å²) in [5.74, 6) is 0. The van der Waals surface area contributed by atoms with Gasteiger partial charge in [-0.05, 0) is 24.3 Å². The predicted molar refractivity (Wildman–Crippen MR) is 102 cm³/mol. The molecular formula is C17H20Cl2N4O3. The fourth-order valence-electron chi connectivity index (χ4n) is 2.70. The summed E-state index contributed by atoms with van der Waals surface area (Å²) in [6.45, 7) is 3.76. The first kappa shape index (κ1) is 19.1. The third-order valence-electron chi connectivity index (χ3n) is 4.09. The summed E-state index contributed by atoms with van der Waals surface area (Å²) in [4.78, 5) is 14.6. The standard InChI is InChI=1S/C17H20Cl2N4O3/c18-12-1-3-13(4-2-12)23-17(25)16(19)15(10-21-23)20-9-14(24)11-22-5-7-26-8-6-22/h1-4,10,14,20,24H,5-9,11H2. The van der Waals surface area contributed by atoms with Gasteiger partial charge in [-0.1, -0.05) is 23.2 Å². The van der Waals surface area contributed by atoms with Gasteiger partial charge in [-0.3, -0.25) is 9.69 Å². The number of nitrogens with one attached hydrogen (secondary N) is 1. The monoisotopic (exact) mass is 398 g/mol. The van der Waals surface area contributed by atoms with Gasteiger partial charge in [0.1, 0.15) is 5.02 Å². The van der Waals surface area contributed by atoms with Crippen LogP contribution in [0.15, 0.2) is 35.3 Å². The van der Waals surface area contributed by atoms with Crippen molar-refractivity contribution < 1.29 is 9.84 Å². The van der Waals surface area contributed by atoms with Gasteiger partial charge in [0, 0.05) is 31.2 Å². The Kier molecular flexibility index (Phi) is 6.50. The van der Waals surface area contributed by atoms with Crippen LogP contribution in [0, 0.1) is 0 Å². The second-order valence-electron chi connectivity index (χ2n) is 6.01. The van der Waals surface area contributed by atoms with E-state index in [-0.39, 0.29) is 11.6 Å². The van der Waals surface area contributed by atoms with Gasteiger partial charge >= 0.3 is 0 Å². The second kappa shape index (κ2) is 8.83. The van der Waals surface area contributed by atoms with Crippen molar-refractivity contribution in [2.45, 2.75) is 6.10 Å². The zero-order valence-electron chi connectivity index (χ0n) is 14.1. The van der Waals surface area contributed by atoms with Gasteiger partial charge in [-0.15, -0.1) is 0 Å². The van der Waals surface area contributed by atoms with Crippen LogP contribution in [0.4, 0.5) is 5.69 Å². The highest BCUT2D eigenvalue weighted by atomic mass is 35.5. The Hall–Kier alpha value is -1.64. The molecule has 1 aliphatic heterocycles. The van der Waals surface area contributed by atoms with Crippen LogP contribution in [0.2, 0.25) is 10.0 Å². The number of hydrogen-bond donors (Lipinski definition) is 2. The van der Waals surface area contributed by atoms with E-state index in [1.165, 1.54) is 10.9 Å². The number of aliphatic hydroxyl groups is 1. The molecule has 3 rings (SSSR count). The number of β-amino-alcohol motifs (C(OH)–C–C–N with tert-alkyl or cyclic N) is 1.